The van der Waals surface area contributed by atoms with E-state index in [0.29, 0.717) is 21.6 Å². The summed E-state index contributed by atoms with van der Waals surface area (Å²) in [6, 6.07) is 12.1. The fourth-order valence-corrected chi connectivity index (χ4v) is 5.62. The lowest BCUT2D eigenvalue weighted by Gasteiger charge is -2.04. The van der Waals surface area contributed by atoms with Gasteiger partial charge >= 0.3 is 0 Å². The summed E-state index contributed by atoms with van der Waals surface area (Å²) in [6.45, 7) is 2.48. The van der Waals surface area contributed by atoms with Crippen LogP contribution in [-0.4, -0.2) is 33.1 Å². The van der Waals surface area contributed by atoms with Crippen molar-refractivity contribution < 1.29 is 21.6 Å². The van der Waals surface area contributed by atoms with Crippen molar-refractivity contribution in [2.45, 2.75) is 29.7 Å². The van der Waals surface area contributed by atoms with Crippen LogP contribution in [0.1, 0.15) is 13.3 Å². The van der Waals surface area contributed by atoms with E-state index in [4.69, 9.17) is 5.14 Å². The molecule has 2 N–H and O–H groups in total. The van der Waals surface area contributed by atoms with Crippen molar-refractivity contribution >= 4 is 47.3 Å². The molecule has 0 radical (unpaired) electrons. The molecule has 0 aliphatic carbocycles. The van der Waals surface area contributed by atoms with E-state index in [1.54, 1.807) is 28.8 Å². The number of nitrogens with zero attached hydrogens (tertiary/aromatic N) is 2. The molecule has 2 aromatic carbocycles. The number of rotatable bonds is 6. The summed E-state index contributed by atoms with van der Waals surface area (Å²) in [5, 5.41) is 5.18. The number of hydrogen-bond acceptors (Lipinski definition) is 6. The lowest BCUT2D eigenvalue weighted by molar-refractivity contribution is -0.115. The highest BCUT2D eigenvalue weighted by atomic mass is 32.2. The van der Waals surface area contributed by atoms with Gasteiger partial charge in [0.1, 0.15) is 5.75 Å². The van der Waals surface area contributed by atoms with Crippen LogP contribution in [0.15, 0.2) is 63.3 Å². The van der Waals surface area contributed by atoms with E-state index in [9.17, 15) is 21.6 Å². The van der Waals surface area contributed by atoms with Gasteiger partial charge in [-0.3, -0.25) is 4.79 Å². The quantitative estimate of drug-likeness (QED) is 0.607. The highest BCUT2D eigenvalue weighted by molar-refractivity contribution is 7.92. The molecule has 1 heterocycles. The van der Waals surface area contributed by atoms with Crippen molar-refractivity contribution in [3.63, 3.8) is 0 Å². The molecule has 1 aromatic heterocycles. The number of hydrogen-bond donors (Lipinski definition) is 1. The third-order valence-electron chi connectivity index (χ3n) is 4.07. The smallest absolute Gasteiger partial charge is 0.263 e. The molecule has 3 rings (SSSR count). The van der Waals surface area contributed by atoms with Crippen molar-refractivity contribution in [1.29, 1.82) is 0 Å². The van der Waals surface area contributed by atoms with Crippen molar-refractivity contribution in [3.05, 3.63) is 53.3 Å². The average Bonchev–Trinajstić information content (AvgIpc) is 2.98. The van der Waals surface area contributed by atoms with Gasteiger partial charge in [-0.25, -0.2) is 22.0 Å². The zero-order valence-corrected chi connectivity index (χ0v) is 17.9. The van der Waals surface area contributed by atoms with E-state index in [1.807, 2.05) is 6.92 Å². The van der Waals surface area contributed by atoms with Gasteiger partial charge in [0.05, 0.1) is 20.0 Å². The van der Waals surface area contributed by atoms with Crippen molar-refractivity contribution in [2.24, 2.45) is 10.1 Å². The van der Waals surface area contributed by atoms with E-state index in [-0.39, 0.29) is 9.79 Å². The Bertz CT molecular complexity index is 1340. The summed E-state index contributed by atoms with van der Waals surface area (Å²) >= 11 is 1.10. The molecule has 0 aliphatic heterocycles. The summed E-state index contributed by atoms with van der Waals surface area (Å²) < 4.78 is 50.4. The number of carbonyl (C=O) groups is 1. The van der Waals surface area contributed by atoms with Gasteiger partial charge in [0.25, 0.3) is 5.91 Å². The minimum absolute atomic E-state index is 0.0422. The van der Waals surface area contributed by atoms with Gasteiger partial charge in [-0.2, -0.15) is 4.99 Å². The Morgan fingerprint density at radius 1 is 1.07 bits per heavy atom. The molecule has 11 heteroatoms. The Morgan fingerprint density at radius 3 is 2.38 bits per heavy atom. The fourth-order valence-electron chi connectivity index (χ4n) is 2.77. The van der Waals surface area contributed by atoms with E-state index >= 15 is 0 Å². The predicted octanol–water partition coefficient (Wildman–Crippen LogP) is 1.66. The Morgan fingerprint density at radius 2 is 1.76 bits per heavy atom. The molecule has 3 aromatic rings. The largest absolute Gasteiger partial charge is 0.316 e. The maximum Gasteiger partial charge on any atom is 0.263 e. The number of sulfone groups is 1. The minimum Gasteiger partial charge on any atom is -0.316 e. The first kappa shape index (κ1) is 21.4. The zero-order valence-electron chi connectivity index (χ0n) is 15.5. The van der Waals surface area contributed by atoms with Crippen LogP contribution in [0.4, 0.5) is 0 Å². The van der Waals surface area contributed by atoms with Crippen LogP contribution in [0, 0.1) is 0 Å². The van der Waals surface area contributed by atoms with E-state index in [1.165, 1.54) is 24.3 Å². The predicted molar refractivity (Wildman–Crippen MR) is 111 cm³/mol. The van der Waals surface area contributed by atoms with Gasteiger partial charge in [-0.1, -0.05) is 36.5 Å². The minimum atomic E-state index is -3.87. The number of fused-ring (bicyclic) bond motifs is 1. The third-order valence-corrected chi connectivity index (χ3v) is 7.64. The molecule has 154 valence electrons. The molecule has 0 fully saturated rings. The standard InChI is InChI=1S/C18H19N3O5S3/c1-2-10-21-15-9-8-14(29(19,25)26)11-16(15)27-18(21)20-17(22)12-28(23,24)13-6-4-3-5-7-13/h3-9,11H,2,10,12H2,1H3,(H2,19,25,26). The fraction of sp³-hybridized carbons (Fsp3) is 0.222. The molecule has 1 amide bonds. The van der Waals surface area contributed by atoms with Crippen molar-refractivity contribution in [2.75, 3.05) is 5.75 Å². The number of aromatic nitrogens is 1. The Hall–Kier alpha value is -2.34. The van der Waals surface area contributed by atoms with Crippen molar-refractivity contribution in [3.8, 4) is 0 Å². The lowest BCUT2D eigenvalue weighted by Crippen LogP contribution is -2.21. The first-order valence-corrected chi connectivity index (χ1v) is 12.6. The third kappa shape index (κ3) is 4.81. The molecule has 0 aliphatic rings. The summed E-state index contributed by atoms with van der Waals surface area (Å²) in [5.74, 6) is -1.54. The van der Waals surface area contributed by atoms with Gasteiger partial charge in [-0.05, 0) is 36.8 Å². The van der Waals surface area contributed by atoms with Gasteiger partial charge in [0.15, 0.2) is 14.6 Å². The molecular formula is C18H19N3O5S3. The maximum atomic E-state index is 12.4. The highest BCUT2D eigenvalue weighted by Crippen LogP contribution is 2.21. The average molecular weight is 454 g/mol. The summed E-state index contributed by atoms with van der Waals surface area (Å²) in [5.41, 5.74) is 0.696. The van der Waals surface area contributed by atoms with Crippen molar-refractivity contribution in [1.82, 2.24) is 4.57 Å². The van der Waals surface area contributed by atoms with Crippen LogP contribution in [0.3, 0.4) is 0 Å². The van der Waals surface area contributed by atoms with Gasteiger partial charge in [0, 0.05) is 6.54 Å². The van der Waals surface area contributed by atoms with E-state index < -0.39 is 31.5 Å². The number of primary sulfonamides is 1. The number of thiazole rings is 1. The summed E-state index contributed by atoms with van der Waals surface area (Å²) in [7, 11) is -7.67. The Labute approximate surface area is 172 Å². The van der Waals surface area contributed by atoms with E-state index in [0.717, 1.165) is 17.8 Å². The number of amides is 1. The SMILES string of the molecule is CCCn1c(=NC(=O)CS(=O)(=O)c2ccccc2)sc2cc(S(N)(=O)=O)ccc21. The molecule has 29 heavy (non-hydrogen) atoms. The Kier molecular flexibility index (Phi) is 6.03. The second-order valence-corrected chi connectivity index (χ2v) is 10.8. The molecule has 8 nitrogen and oxygen atoms in total. The first-order chi connectivity index (χ1) is 13.6. The van der Waals surface area contributed by atoms with Gasteiger partial charge in [-0.15, -0.1) is 0 Å². The number of carbonyl (C=O) groups excluding carboxylic acids is 1. The normalized spacial score (nSPS) is 13.1. The Balaban J connectivity index is 2.04. The van der Waals surface area contributed by atoms with Crippen LogP contribution >= 0.6 is 11.3 Å². The number of benzene rings is 2. The summed E-state index contributed by atoms with van der Waals surface area (Å²) in [6.07, 6.45) is 0.743. The van der Waals surface area contributed by atoms with Crippen LogP contribution in [0.25, 0.3) is 10.2 Å². The molecule has 0 unspecified atom stereocenters. The number of nitrogens with two attached hydrogens (primary N) is 1. The zero-order chi connectivity index (χ0) is 21.2. The number of aryl methyl sites for hydroxylation is 1. The van der Waals surface area contributed by atoms with Crippen LogP contribution in [-0.2, 0) is 31.2 Å². The summed E-state index contributed by atoms with van der Waals surface area (Å²) in [4.78, 5) is 16.7. The molecule has 0 saturated heterocycles. The molecular weight excluding hydrogens is 434 g/mol. The van der Waals surface area contributed by atoms with Gasteiger partial charge in [0.2, 0.25) is 10.0 Å². The lowest BCUT2D eigenvalue weighted by atomic mass is 10.3. The van der Waals surface area contributed by atoms with Crippen LogP contribution < -0.4 is 9.94 Å². The topological polar surface area (TPSA) is 129 Å². The molecule has 0 saturated carbocycles. The number of sulfonamides is 1. The maximum absolute atomic E-state index is 12.4. The van der Waals surface area contributed by atoms with Gasteiger partial charge < -0.3 is 4.57 Å². The second-order valence-electron chi connectivity index (χ2n) is 6.29. The van der Waals surface area contributed by atoms with Crippen LogP contribution in [0.2, 0.25) is 0 Å². The molecule has 0 bridgehead atoms. The monoisotopic (exact) mass is 453 g/mol. The first-order valence-electron chi connectivity index (χ1n) is 8.63. The highest BCUT2D eigenvalue weighted by Gasteiger charge is 2.19. The van der Waals surface area contributed by atoms with Crippen LogP contribution in [0.5, 0.6) is 0 Å². The molecule has 0 spiro atoms. The second kappa shape index (κ2) is 8.19. The van der Waals surface area contributed by atoms with E-state index in [2.05, 4.69) is 4.99 Å². The molecule has 0 atom stereocenters.